The Morgan fingerprint density at radius 1 is 1.26 bits per heavy atom. The van der Waals surface area contributed by atoms with Crippen LogP contribution < -0.4 is 15.1 Å². The van der Waals surface area contributed by atoms with Gasteiger partial charge >= 0.3 is 0 Å². The number of rotatable bonds is 4. The van der Waals surface area contributed by atoms with Crippen molar-refractivity contribution in [1.29, 1.82) is 0 Å². The van der Waals surface area contributed by atoms with Gasteiger partial charge < -0.3 is 25.1 Å². The first kappa shape index (κ1) is 21.5. The minimum Gasteiger partial charge on any atom is -0.506 e. The molecule has 0 saturated carbocycles. The topological polar surface area (TPSA) is 67.2 Å². The Morgan fingerprint density at radius 2 is 1.96 bits per heavy atom. The van der Waals surface area contributed by atoms with Crippen LogP contribution in [-0.4, -0.2) is 68.3 Å². The SMILES string of the molecule is CN=C(NCc1csc(N(C)C)n1)N1CCN(c2ccccc2O)CC1.I. The monoisotopic (exact) mass is 502 g/mol. The Bertz CT molecular complexity index is 758. The maximum Gasteiger partial charge on any atom is 0.194 e. The number of anilines is 2. The summed E-state index contributed by atoms with van der Waals surface area (Å²) in [4.78, 5) is 15.5. The van der Waals surface area contributed by atoms with Crippen molar-refractivity contribution in [2.24, 2.45) is 4.99 Å². The van der Waals surface area contributed by atoms with Crippen molar-refractivity contribution in [2.75, 3.05) is 57.1 Å². The Balaban J connectivity index is 0.00000261. The minimum absolute atomic E-state index is 0. The third-order valence-corrected chi connectivity index (χ3v) is 5.42. The third-order valence-electron chi connectivity index (χ3n) is 4.36. The Kier molecular flexibility index (Phi) is 7.96. The fourth-order valence-corrected chi connectivity index (χ4v) is 3.73. The molecule has 1 aliphatic rings. The average molecular weight is 502 g/mol. The molecule has 1 saturated heterocycles. The van der Waals surface area contributed by atoms with Crippen LogP contribution in [0.4, 0.5) is 10.8 Å². The van der Waals surface area contributed by atoms with Gasteiger partial charge in [0, 0.05) is 52.7 Å². The number of nitrogens with zero attached hydrogens (tertiary/aromatic N) is 5. The third kappa shape index (κ3) is 5.38. The molecule has 0 radical (unpaired) electrons. The summed E-state index contributed by atoms with van der Waals surface area (Å²) >= 11 is 1.64. The van der Waals surface area contributed by atoms with Crippen LogP contribution in [0.5, 0.6) is 5.75 Å². The zero-order valence-electron chi connectivity index (χ0n) is 15.9. The van der Waals surface area contributed by atoms with Gasteiger partial charge in [-0.1, -0.05) is 12.1 Å². The molecule has 148 valence electrons. The number of thiazole rings is 1. The smallest absolute Gasteiger partial charge is 0.194 e. The van der Waals surface area contributed by atoms with Crippen LogP contribution in [0.3, 0.4) is 0 Å². The summed E-state index contributed by atoms with van der Waals surface area (Å²) in [6, 6.07) is 7.50. The number of halogens is 1. The van der Waals surface area contributed by atoms with Crippen LogP contribution in [0.1, 0.15) is 5.69 Å². The van der Waals surface area contributed by atoms with Crippen LogP contribution >= 0.6 is 35.3 Å². The Hall–Kier alpha value is -1.75. The van der Waals surface area contributed by atoms with Gasteiger partial charge in [0.2, 0.25) is 0 Å². The van der Waals surface area contributed by atoms with Crippen LogP contribution in [0.2, 0.25) is 0 Å². The number of phenolic OH excluding ortho intramolecular Hbond substituents is 1. The highest BCUT2D eigenvalue weighted by atomic mass is 127. The van der Waals surface area contributed by atoms with Gasteiger partial charge in [-0.05, 0) is 12.1 Å². The summed E-state index contributed by atoms with van der Waals surface area (Å²) in [7, 11) is 5.81. The second-order valence-corrected chi connectivity index (χ2v) is 7.22. The molecule has 27 heavy (non-hydrogen) atoms. The van der Waals surface area contributed by atoms with Crippen molar-refractivity contribution in [1.82, 2.24) is 15.2 Å². The average Bonchev–Trinajstić information content (AvgIpc) is 3.13. The van der Waals surface area contributed by atoms with E-state index in [9.17, 15) is 5.11 Å². The summed E-state index contributed by atoms with van der Waals surface area (Å²) in [6.45, 7) is 4.07. The number of nitrogens with one attached hydrogen (secondary N) is 1. The predicted octanol–water partition coefficient (Wildman–Crippen LogP) is 2.43. The molecular formula is C18H27IN6OS. The summed E-state index contributed by atoms with van der Waals surface area (Å²) in [6.07, 6.45) is 0. The molecule has 2 heterocycles. The molecule has 3 rings (SSSR count). The van der Waals surface area contributed by atoms with Crippen LogP contribution in [0.25, 0.3) is 0 Å². The van der Waals surface area contributed by atoms with Crippen molar-refractivity contribution in [2.45, 2.75) is 6.54 Å². The maximum atomic E-state index is 10.0. The lowest BCUT2D eigenvalue weighted by Gasteiger charge is -2.37. The molecule has 0 amide bonds. The van der Waals surface area contributed by atoms with E-state index in [4.69, 9.17) is 0 Å². The van der Waals surface area contributed by atoms with E-state index in [2.05, 4.69) is 30.5 Å². The summed E-state index contributed by atoms with van der Waals surface area (Å²) in [5.41, 5.74) is 1.92. The maximum absolute atomic E-state index is 10.0. The fraction of sp³-hybridized carbons (Fsp3) is 0.444. The molecule has 2 N–H and O–H groups in total. The number of piperazine rings is 1. The second-order valence-electron chi connectivity index (χ2n) is 6.38. The molecule has 0 unspecified atom stereocenters. The normalized spacial score (nSPS) is 14.7. The lowest BCUT2D eigenvalue weighted by molar-refractivity contribution is 0.369. The van der Waals surface area contributed by atoms with Gasteiger partial charge in [0.05, 0.1) is 17.9 Å². The minimum atomic E-state index is 0. The first-order valence-corrected chi connectivity index (χ1v) is 9.56. The number of aromatic hydroxyl groups is 1. The highest BCUT2D eigenvalue weighted by Gasteiger charge is 2.21. The summed E-state index contributed by atoms with van der Waals surface area (Å²) in [5.74, 6) is 1.23. The van der Waals surface area contributed by atoms with Gasteiger partial charge in [-0.25, -0.2) is 4.98 Å². The van der Waals surface area contributed by atoms with Crippen molar-refractivity contribution in [3.8, 4) is 5.75 Å². The van der Waals surface area contributed by atoms with E-state index < -0.39 is 0 Å². The summed E-state index contributed by atoms with van der Waals surface area (Å²) in [5, 5.41) is 16.5. The zero-order valence-corrected chi connectivity index (χ0v) is 19.1. The number of guanidine groups is 1. The van der Waals surface area contributed by atoms with Gasteiger partial charge in [-0.15, -0.1) is 35.3 Å². The molecule has 0 bridgehead atoms. The standard InChI is InChI=1S/C18H26N6OS.HI/c1-19-17(20-12-14-13-26-18(21-14)22(2)3)24-10-8-23(9-11-24)15-6-4-5-7-16(15)25;/h4-7,13,25H,8-12H2,1-3H3,(H,19,20);1H. The first-order chi connectivity index (χ1) is 12.6. The van der Waals surface area contributed by atoms with Gasteiger partial charge in [0.25, 0.3) is 0 Å². The lowest BCUT2D eigenvalue weighted by atomic mass is 10.2. The van der Waals surface area contributed by atoms with Crippen LogP contribution in [0.15, 0.2) is 34.6 Å². The number of aliphatic imine (C=N–C) groups is 1. The number of benzene rings is 1. The van der Waals surface area contributed by atoms with Gasteiger partial charge in [0.1, 0.15) is 5.75 Å². The van der Waals surface area contributed by atoms with E-state index >= 15 is 0 Å². The van der Waals surface area contributed by atoms with Crippen molar-refractivity contribution < 1.29 is 5.11 Å². The molecule has 7 nitrogen and oxygen atoms in total. The molecular weight excluding hydrogens is 475 g/mol. The van der Waals surface area contributed by atoms with E-state index in [1.807, 2.05) is 44.2 Å². The molecule has 0 atom stereocenters. The Labute approximate surface area is 181 Å². The lowest BCUT2D eigenvalue weighted by Crippen LogP contribution is -2.52. The number of phenols is 1. The molecule has 9 heteroatoms. The highest BCUT2D eigenvalue weighted by molar-refractivity contribution is 14.0. The molecule has 0 spiro atoms. The van der Waals surface area contributed by atoms with E-state index in [0.717, 1.165) is 48.7 Å². The highest BCUT2D eigenvalue weighted by Crippen LogP contribution is 2.27. The van der Waals surface area contributed by atoms with Crippen LogP contribution in [0, 0.1) is 0 Å². The first-order valence-electron chi connectivity index (χ1n) is 8.68. The summed E-state index contributed by atoms with van der Waals surface area (Å²) < 4.78 is 0. The zero-order chi connectivity index (χ0) is 18.5. The molecule has 1 fully saturated rings. The van der Waals surface area contributed by atoms with E-state index in [-0.39, 0.29) is 24.0 Å². The van der Waals surface area contributed by atoms with Gasteiger partial charge in [-0.2, -0.15) is 0 Å². The fourth-order valence-electron chi connectivity index (χ4n) is 2.98. The number of hydrogen-bond donors (Lipinski definition) is 2. The molecule has 2 aromatic rings. The van der Waals surface area contributed by atoms with E-state index in [1.54, 1.807) is 17.4 Å². The van der Waals surface area contributed by atoms with Crippen molar-refractivity contribution in [3.05, 3.63) is 35.3 Å². The Morgan fingerprint density at radius 3 is 2.56 bits per heavy atom. The molecule has 1 aromatic heterocycles. The van der Waals surface area contributed by atoms with E-state index in [0.29, 0.717) is 12.3 Å². The van der Waals surface area contributed by atoms with E-state index in [1.165, 1.54) is 0 Å². The quantitative estimate of drug-likeness (QED) is 0.381. The van der Waals surface area contributed by atoms with Crippen molar-refractivity contribution in [3.63, 3.8) is 0 Å². The largest absolute Gasteiger partial charge is 0.506 e. The molecule has 0 aliphatic carbocycles. The van der Waals surface area contributed by atoms with Crippen LogP contribution in [-0.2, 0) is 6.54 Å². The molecule has 1 aromatic carbocycles. The van der Waals surface area contributed by atoms with Gasteiger partial charge in [-0.3, -0.25) is 4.99 Å². The number of aromatic nitrogens is 1. The molecule has 1 aliphatic heterocycles. The number of para-hydroxylation sites is 2. The van der Waals surface area contributed by atoms with Crippen molar-refractivity contribution >= 4 is 52.1 Å². The predicted molar refractivity (Wildman–Crippen MR) is 124 cm³/mol. The van der Waals surface area contributed by atoms with Gasteiger partial charge in [0.15, 0.2) is 11.1 Å². The number of hydrogen-bond acceptors (Lipinski definition) is 6. The second kappa shape index (κ2) is 9.98.